The van der Waals surface area contributed by atoms with Crippen LogP contribution in [-0.2, 0) is 4.79 Å². The number of aryl methyl sites for hydroxylation is 4. The van der Waals surface area contributed by atoms with Crippen molar-refractivity contribution in [3.8, 4) is 6.07 Å². The first kappa shape index (κ1) is 17.3. The van der Waals surface area contributed by atoms with Crippen molar-refractivity contribution >= 4 is 17.3 Å². The second kappa shape index (κ2) is 7.47. The summed E-state index contributed by atoms with van der Waals surface area (Å²) in [7, 11) is 0. The number of benzene rings is 2. The summed E-state index contributed by atoms with van der Waals surface area (Å²) in [5, 5.41) is 15.1. The largest absolute Gasteiger partial charge is 0.360 e. The van der Waals surface area contributed by atoms with E-state index >= 15 is 0 Å². The van der Waals surface area contributed by atoms with Gasteiger partial charge in [0.1, 0.15) is 11.6 Å². The van der Waals surface area contributed by atoms with Gasteiger partial charge in [0.25, 0.3) is 5.91 Å². The van der Waals surface area contributed by atoms with E-state index in [1.807, 2.05) is 52.0 Å². The Balaban J connectivity index is 2.18. The number of carbonyl (C=O) groups excluding carboxylic acids is 1. The Morgan fingerprint density at radius 2 is 1.71 bits per heavy atom. The highest BCUT2D eigenvalue weighted by Gasteiger charge is 2.10. The third-order valence-corrected chi connectivity index (χ3v) is 3.68. The number of anilines is 2. The van der Waals surface area contributed by atoms with Crippen LogP contribution in [0.15, 0.2) is 48.2 Å². The maximum atomic E-state index is 12.3. The van der Waals surface area contributed by atoms with Crippen molar-refractivity contribution in [3.63, 3.8) is 0 Å². The van der Waals surface area contributed by atoms with Crippen LogP contribution >= 0.6 is 0 Å². The van der Waals surface area contributed by atoms with Gasteiger partial charge in [-0.05, 0) is 56.5 Å². The number of amides is 1. The summed E-state index contributed by atoms with van der Waals surface area (Å²) in [5.74, 6) is -0.432. The Bertz CT molecular complexity index is 821. The SMILES string of the molecule is Cc1cccc(NC(=O)/C(C#N)=C\Nc2c(C)cc(C)cc2C)c1. The summed E-state index contributed by atoms with van der Waals surface area (Å²) < 4.78 is 0. The molecule has 0 saturated carbocycles. The molecule has 0 unspecified atom stereocenters. The van der Waals surface area contributed by atoms with Crippen LogP contribution in [-0.4, -0.2) is 5.91 Å². The molecule has 4 nitrogen and oxygen atoms in total. The lowest BCUT2D eigenvalue weighted by molar-refractivity contribution is -0.112. The predicted molar refractivity (Wildman–Crippen MR) is 97.8 cm³/mol. The van der Waals surface area contributed by atoms with Crippen LogP contribution in [0.2, 0.25) is 0 Å². The lowest BCUT2D eigenvalue weighted by atomic mass is 10.1. The minimum Gasteiger partial charge on any atom is -0.360 e. The molecule has 0 spiro atoms. The third-order valence-electron chi connectivity index (χ3n) is 3.68. The van der Waals surface area contributed by atoms with Crippen molar-refractivity contribution in [2.75, 3.05) is 10.6 Å². The highest BCUT2D eigenvalue weighted by molar-refractivity contribution is 6.06. The molecule has 1 amide bonds. The molecule has 0 atom stereocenters. The molecule has 0 radical (unpaired) electrons. The molecule has 0 heterocycles. The summed E-state index contributed by atoms with van der Waals surface area (Å²) in [6.45, 7) is 7.97. The minimum atomic E-state index is -0.432. The van der Waals surface area contributed by atoms with Crippen LogP contribution in [0.4, 0.5) is 11.4 Å². The van der Waals surface area contributed by atoms with Crippen LogP contribution in [0.5, 0.6) is 0 Å². The molecule has 2 aromatic carbocycles. The second-order valence-electron chi connectivity index (χ2n) is 5.91. The molecule has 0 bridgehead atoms. The fourth-order valence-corrected chi connectivity index (χ4v) is 2.62. The van der Waals surface area contributed by atoms with Gasteiger partial charge in [0.2, 0.25) is 0 Å². The standard InChI is InChI=1S/C20H21N3O/c1-13-6-5-7-18(10-13)23-20(24)17(11-21)12-22-19-15(3)8-14(2)9-16(19)4/h5-10,12,22H,1-4H3,(H,23,24)/b17-12-. The summed E-state index contributed by atoms with van der Waals surface area (Å²) in [6, 6.07) is 13.5. The molecule has 0 saturated heterocycles. The third kappa shape index (κ3) is 4.23. The Morgan fingerprint density at radius 1 is 1.04 bits per heavy atom. The first-order valence-electron chi connectivity index (χ1n) is 7.73. The van der Waals surface area contributed by atoms with E-state index in [1.165, 1.54) is 11.8 Å². The van der Waals surface area contributed by atoms with E-state index in [1.54, 1.807) is 6.07 Å². The number of hydrogen-bond acceptors (Lipinski definition) is 3. The van der Waals surface area contributed by atoms with Gasteiger partial charge < -0.3 is 10.6 Å². The molecule has 0 aliphatic heterocycles. The molecule has 0 aromatic heterocycles. The Kier molecular flexibility index (Phi) is 5.39. The zero-order valence-electron chi connectivity index (χ0n) is 14.4. The zero-order chi connectivity index (χ0) is 17.7. The summed E-state index contributed by atoms with van der Waals surface area (Å²) in [4.78, 5) is 12.3. The van der Waals surface area contributed by atoms with E-state index in [4.69, 9.17) is 0 Å². The van der Waals surface area contributed by atoms with Crippen molar-refractivity contribution < 1.29 is 4.79 Å². The molecule has 24 heavy (non-hydrogen) atoms. The minimum absolute atomic E-state index is 0.0240. The quantitative estimate of drug-likeness (QED) is 0.649. The number of nitrogens with zero attached hydrogens (tertiary/aromatic N) is 1. The van der Waals surface area contributed by atoms with E-state index < -0.39 is 5.91 Å². The molecule has 122 valence electrons. The van der Waals surface area contributed by atoms with Crippen molar-refractivity contribution in [1.29, 1.82) is 5.26 Å². The summed E-state index contributed by atoms with van der Waals surface area (Å²) >= 11 is 0. The lowest BCUT2D eigenvalue weighted by Crippen LogP contribution is -2.14. The van der Waals surface area contributed by atoms with E-state index in [2.05, 4.69) is 22.8 Å². The first-order valence-corrected chi connectivity index (χ1v) is 7.73. The van der Waals surface area contributed by atoms with Crippen LogP contribution in [0, 0.1) is 39.0 Å². The monoisotopic (exact) mass is 319 g/mol. The molecule has 2 N–H and O–H groups in total. The Morgan fingerprint density at radius 3 is 2.29 bits per heavy atom. The van der Waals surface area contributed by atoms with Crippen molar-refractivity contribution in [1.82, 2.24) is 0 Å². The van der Waals surface area contributed by atoms with E-state index in [-0.39, 0.29) is 5.57 Å². The van der Waals surface area contributed by atoms with Gasteiger partial charge in [-0.25, -0.2) is 0 Å². The Hall–Kier alpha value is -3.06. The number of nitriles is 1. The van der Waals surface area contributed by atoms with E-state index in [0.717, 1.165) is 22.4 Å². The molecular formula is C20H21N3O. The molecule has 0 aliphatic rings. The number of nitrogens with one attached hydrogen (secondary N) is 2. The Labute approximate surface area is 142 Å². The topological polar surface area (TPSA) is 64.9 Å². The second-order valence-corrected chi connectivity index (χ2v) is 5.91. The van der Waals surface area contributed by atoms with Gasteiger partial charge in [-0.2, -0.15) is 5.26 Å². The van der Waals surface area contributed by atoms with Crippen LogP contribution < -0.4 is 10.6 Å². The van der Waals surface area contributed by atoms with Crippen molar-refractivity contribution in [3.05, 3.63) is 70.4 Å². The van der Waals surface area contributed by atoms with Gasteiger partial charge >= 0.3 is 0 Å². The van der Waals surface area contributed by atoms with Gasteiger partial charge in [0.15, 0.2) is 0 Å². The first-order chi connectivity index (χ1) is 11.4. The highest BCUT2D eigenvalue weighted by Crippen LogP contribution is 2.22. The average molecular weight is 319 g/mol. The van der Waals surface area contributed by atoms with Crippen LogP contribution in [0.3, 0.4) is 0 Å². The highest BCUT2D eigenvalue weighted by atomic mass is 16.1. The predicted octanol–water partition coefficient (Wildman–Crippen LogP) is 4.38. The molecule has 4 heteroatoms. The fraction of sp³-hybridized carbons (Fsp3) is 0.200. The van der Waals surface area contributed by atoms with E-state index in [9.17, 15) is 10.1 Å². The van der Waals surface area contributed by atoms with E-state index in [0.29, 0.717) is 5.69 Å². The lowest BCUT2D eigenvalue weighted by Gasteiger charge is -2.11. The maximum absolute atomic E-state index is 12.3. The van der Waals surface area contributed by atoms with Gasteiger partial charge in [-0.1, -0.05) is 29.8 Å². The van der Waals surface area contributed by atoms with Gasteiger partial charge in [0, 0.05) is 17.6 Å². The summed E-state index contributed by atoms with van der Waals surface area (Å²) in [5.41, 5.74) is 5.97. The van der Waals surface area contributed by atoms with Gasteiger partial charge in [-0.3, -0.25) is 4.79 Å². The average Bonchev–Trinajstić information content (AvgIpc) is 2.49. The molecule has 2 rings (SSSR count). The number of hydrogen-bond donors (Lipinski definition) is 2. The van der Waals surface area contributed by atoms with Crippen molar-refractivity contribution in [2.24, 2.45) is 0 Å². The fourth-order valence-electron chi connectivity index (χ4n) is 2.62. The van der Waals surface area contributed by atoms with Crippen molar-refractivity contribution in [2.45, 2.75) is 27.7 Å². The zero-order valence-corrected chi connectivity index (χ0v) is 14.4. The smallest absolute Gasteiger partial charge is 0.267 e. The van der Waals surface area contributed by atoms with Crippen LogP contribution in [0.25, 0.3) is 0 Å². The molecule has 2 aromatic rings. The molecule has 0 fully saturated rings. The number of rotatable bonds is 4. The normalized spacial score (nSPS) is 10.9. The van der Waals surface area contributed by atoms with Crippen LogP contribution in [0.1, 0.15) is 22.3 Å². The maximum Gasteiger partial charge on any atom is 0.267 e. The molecular weight excluding hydrogens is 298 g/mol. The number of carbonyl (C=O) groups is 1. The molecule has 0 aliphatic carbocycles. The van der Waals surface area contributed by atoms with Gasteiger partial charge in [-0.15, -0.1) is 0 Å². The van der Waals surface area contributed by atoms with Gasteiger partial charge in [0.05, 0.1) is 0 Å². The summed E-state index contributed by atoms with van der Waals surface area (Å²) in [6.07, 6.45) is 1.45.